The van der Waals surface area contributed by atoms with Crippen LogP contribution in [0, 0.1) is 17.6 Å². The van der Waals surface area contributed by atoms with Gasteiger partial charge in [0.15, 0.2) is 11.6 Å². The van der Waals surface area contributed by atoms with Crippen molar-refractivity contribution in [2.24, 2.45) is 5.92 Å². The van der Waals surface area contributed by atoms with Crippen molar-refractivity contribution in [3.05, 3.63) is 29.8 Å². The molecule has 0 radical (unpaired) electrons. The van der Waals surface area contributed by atoms with Crippen molar-refractivity contribution in [3.8, 4) is 0 Å². The van der Waals surface area contributed by atoms with Crippen LogP contribution in [0.15, 0.2) is 18.2 Å². The molecule has 0 saturated carbocycles. The molecule has 14 heavy (non-hydrogen) atoms. The number of benzene rings is 1. The van der Waals surface area contributed by atoms with Gasteiger partial charge in [-0.1, -0.05) is 13.8 Å². The van der Waals surface area contributed by atoms with Crippen LogP contribution in [-0.2, 0) is 0 Å². The molecule has 0 unspecified atom stereocenters. The molecule has 0 heterocycles. The fraction of sp³-hybridized carbons (Fsp3) is 0.455. The Morgan fingerprint density at radius 1 is 1.07 bits per heavy atom. The molecule has 1 atom stereocenters. The number of nitrogens with one attached hydrogen (secondary N) is 1. The zero-order valence-corrected chi connectivity index (χ0v) is 8.64. The van der Waals surface area contributed by atoms with Crippen LogP contribution >= 0.6 is 0 Å². The summed E-state index contributed by atoms with van der Waals surface area (Å²) in [5.74, 6) is -1.18. The standard InChI is InChI=1S/C11H15F2N/c1-7(2)8(3)14-9-4-5-10(12)11(13)6-9/h4-8,14H,1-3H3/t8-/m0/s1. The van der Waals surface area contributed by atoms with E-state index in [9.17, 15) is 8.78 Å². The molecule has 0 aromatic heterocycles. The molecule has 0 fully saturated rings. The molecular weight excluding hydrogens is 184 g/mol. The fourth-order valence-electron chi connectivity index (χ4n) is 1.02. The van der Waals surface area contributed by atoms with Crippen molar-refractivity contribution in [2.75, 3.05) is 5.32 Å². The molecule has 0 saturated heterocycles. The van der Waals surface area contributed by atoms with Gasteiger partial charge in [-0.25, -0.2) is 8.78 Å². The predicted octanol–water partition coefficient (Wildman–Crippen LogP) is 3.42. The van der Waals surface area contributed by atoms with E-state index in [1.54, 1.807) is 0 Å². The maximum absolute atomic E-state index is 12.8. The first-order chi connectivity index (χ1) is 6.50. The number of anilines is 1. The van der Waals surface area contributed by atoms with Gasteiger partial charge in [-0.15, -0.1) is 0 Å². The molecule has 1 nitrogen and oxygen atoms in total. The van der Waals surface area contributed by atoms with Crippen LogP contribution < -0.4 is 5.32 Å². The van der Waals surface area contributed by atoms with Gasteiger partial charge in [0.1, 0.15) is 0 Å². The highest BCUT2D eigenvalue weighted by atomic mass is 19.2. The lowest BCUT2D eigenvalue weighted by Gasteiger charge is -2.18. The molecule has 0 aliphatic rings. The summed E-state index contributed by atoms with van der Waals surface area (Å²) in [7, 11) is 0. The highest BCUT2D eigenvalue weighted by Gasteiger charge is 2.08. The van der Waals surface area contributed by atoms with Crippen molar-refractivity contribution in [1.29, 1.82) is 0 Å². The van der Waals surface area contributed by atoms with Gasteiger partial charge in [-0.3, -0.25) is 0 Å². The van der Waals surface area contributed by atoms with E-state index in [2.05, 4.69) is 19.2 Å². The maximum Gasteiger partial charge on any atom is 0.160 e. The van der Waals surface area contributed by atoms with E-state index in [-0.39, 0.29) is 6.04 Å². The number of halogens is 2. The van der Waals surface area contributed by atoms with Crippen LogP contribution in [0.1, 0.15) is 20.8 Å². The number of hydrogen-bond donors (Lipinski definition) is 1. The highest BCUT2D eigenvalue weighted by Crippen LogP contribution is 2.15. The summed E-state index contributed by atoms with van der Waals surface area (Å²) in [6.45, 7) is 6.14. The van der Waals surface area contributed by atoms with Crippen LogP contribution in [0.3, 0.4) is 0 Å². The van der Waals surface area contributed by atoms with E-state index in [1.165, 1.54) is 12.1 Å². The quantitative estimate of drug-likeness (QED) is 0.786. The first-order valence-electron chi connectivity index (χ1n) is 4.72. The lowest BCUT2D eigenvalue weighted by Crippen LogP contribution is -2.21. The maximum atomic E-state index is 12.8. The molecule has 0 bridgehead atoms. The summed E-state index contributed by atoms with van der Waals surface area (Å²) in [5.41, 5.74) is 0.616. The molecule has 78 valence electrons. The Labute approximate surface area is 83.1 Å². The molecule has 0 aliphatic carbocycles. The Bertz CT molecular complexity index is 310. The Morgan fingerprint density at radius 3 is 2.21 bits per heavy atom. The smallest absolute Gasteiger partial charge is 0.160 e. The van der Waals surface area contributed by atoms with E-state index in [0.29, 0.717) is 11.6 Å². The first-order valence-corrected chi connectivity index (χ1v) is 4.72. The van der Waals surface area contributed by atoms with E-state index >= 15 is 0 Å². The molecule has 0 aliphatic heterocycles. The van der Waals surface area contributed by atoms with E-state index in [0.717, 1.165) is 6.07 Å². The molecule has 0 spiro atoms. The van der Waals surface area contributed by atoms with Crippen molar-refractivity contribution in [1.82, 2.24) is 0 Å². The molecular formula is C11H15F2N. The Balaban J connectivity index is 2.73. The monoisotopic (exact) mass is 199 g/mol. The second-order valence-electron chi connectivity index (χ2n) is 3.81. The van der Waals surface area contributed by atoms with Crippen LogP contribution in [0.5, 0.6) is 0 Å². The van der Waals surface area contributed by atoms with Gasteiger partial charge in [0, 0.05) is 17.8 Å². The number of hydrogen-bond acceptors (Lipinski definition) is 1. The fourth-order valence-corrected chi connectivity index (χ4v) is 1.02. The van der Waals surface area contributed by atoms with Crippen LogP contribution in [0.4, 0.5) is 14.5 Å². The predicted molar refractivity (Wildman–Crippen MR) is 54.3 cm³/mol. The lowest BCUT2D eigenvalue weighted by molar-refractivity contribution is 0.508. The van der Waals surface area contributed by atoms with Gasteiger partial charge in [-0.2, -0.15) is 0 Å². The average molecular weight is 199 g/mol. The van der Waals surface area contributed by atoms with Crippen molar-refractivity contribution in [3.63, 3.8) is 0 Å². The highest BCUT2D eigenvalue weighted by molar-refractivity contribution is 5.44. The molecule has 3 heteroatoms. The third-order valence-electron chi connectivity index (χ3n) is 2.31. The van der Waals surface area contributed by atoms with E-state index in [4.69, 9.17) is 0 Å². The van der Waals surface area contributed by atoms with E-state index < -0.39 is 11.6 Å². The molecule has 1 rings (SSSR count). The summed E-state index contributed by atoms with van der Waals surface area (Å²) in [6, 6.07) is 4.08. The van der Waals surface area contributed by atoms with Gasteiger partial charge in [-0.05, 0) is 25.0 Å². The lowest BCUT2D eigenvalue weighted by atomic mass is 10.1. The van der Waals surface area contributed by atoms with Crippen molar-refractivity contribution < 1.29 is 8.78 Å². The second kappa shape index (κ2) is 4.40. The largest absolute Gasteiger partial charge is 0.382 e. The molecule has 1 aromatic carbocycles. The molecule has 0 amide bonds. The zero-order valence-electron chi connectivity index (χ0n) is 8.64. The SMILES string of the molecule is CC(C)[C@H](C)Nc1ccc(F)c(F)c1. The van der Waals surface area contributed by atoms with Crippen LogP contribution in [0.2, 0.25) is 0 Å². The third kappa shape index (κ3) is 2.69. The molecule has 1 aromatic rings. The Hall–Kier alpha value is -1.12. The Morgan fingerprint density at radius 2 is 1.71 bits per heavy atom. The van der Waals surface area contributed by atoms with Crippen LogP contribution in [-0.4, -0.2) is 6.04 Å². The minimum atomic E-state index is -0.814. The topological polar surface area (TPSA) is 12.0 Å². The summed E-state index contributed by atoms with van der Waals surface area (Å²) < 4.78 is 25.4. The van der Waals surface area contributed by atoms with Gasteiger partial charge in [0.2, 0.25) is 0 Å². The van der Waals surface area contributed by atoms with Crippen LogP contribution in [0.25, 0.3) is 0 Å². The Kier molecular flexibility index (Phi) is 3.44. The van der Waals surface area contributed by atoms with Gasteiger partial charge in [0.25, 0.3) is 0 Å². The number of rotatable bonds is 3. The summed E-state index contributed by atoms with van der Waals surface area (Å²) in [5, 5.41) is 3.10. The van der Waals surface area contributed by atoms with Gasteiger partial charge < -0.3 is 5.32 Å². The summed E-state index contributed by atoms with van der Waals surface area (Å²) in [6.07, 6.45) is 0. The van der Waals surface area contributed by atoms with Gasteiger partial charge >= 0.3 is 0 Å². The molecule has 1 N–H and O–H groups in total. The summed E-state index contributed by atoms with van der Waals surface area (Å²) in [4.78, 5) is 0. The third-order valence-corrected chi connectivity index (χ3v) is 2.31. The average Bonchev–Trinajstić information content (AvgIpc) is 2.11. The first kappa shape index (κ1) is 11.0. The van der Waals surface area contributed by atoms with Crippen molar-refractivity contribution in [2.45, 2.75) is 26.8 Å². The minimum Gasteiger partial charge on any atom is -0.382 e. The van der Waals surface area contributed by atoms with Gasteiger partial charge in [0.05, 0.1) is 0 Å². The minimum absolute atomic E-state index is 0.236. The second-order valence-corrected chi connectivity index (χ2v) is 3.81. The van der Waals surface area contributed by atoms with E-state index in [1.807, 2.05) is 6.92 Å². The normalized spacial score (nSPS) is 13.0. The summed E-state index contributed by atoms with van der Waals surface area (Å²) >= 11 is 0. The van der Waals surface area contributed by atoms with Crippen molar-refractivity contribution >= 4 is 5.69 Å². The zero-order chi connectivity index (χ0) is 10.7.